The van der Waals surface area contributed by atoms with Gasteiger partial charge in [-0.3, -0.25) is 4.79 Å². The van der Waals surface area contributed by atoms with Crippen LogP contribution in [0.1, 0.15) is 16.2 Å². The molecule has 1 amide bonds. The summed E-state index contributed by atoms with van der Waals surface area (Å²) in [4.78, 5) is 12.2. The largest absolute Gasteiger partial charge is 0.504 e. The number of hydrogen-bond acceptors (Lipinski definition) is 5. The maximum atomic E-state index is 12.2. The average Bonchev–Trinajstić information content (AvgIpc) is 3.01. The smallest absolute Gasteiger partial charge is 0.277 e. The predicted molar refractivity (Wildman–Crippen MR) is 98.8 cm³/mol. The lowest BCUT2D eigenvalue weighted by Crippen LogP contribution is -2.12. The first kappa shape index (κ1) is 18.4. The van der Waals surface area contributed by atoms with Crippen molar-refractivity contribution in [2.24, 2.45) is 0 Å². The van der Waals surface area contributed by atoms with E-state index in [0.717, 1.165) is 0 Å². The Morgan fingerprint density at radius 2 is 1.88 bits per heavy atom. The molecule has 0 atom stereocenters. The number of anilines is 1. The summed E-state index contributed by atoms with van der Waals surface area (Å²) in [5.41, 5.74) is 0.310. The van der Waals surface area contributed by atoms with Gasteiger partial charge in [0.05, 0.1) is 15.7 Å². The summed E-state index contributed by atoms with van der Waals surface area (Å²) >= 11 is 18.0. The molecule has 9 heteroatoms. The summed E-state index contributed by atoms with van der Waals surface area (Å²) < 4.78 is 10.5. The van der Waals surface area contributed by atoms with Crippen LogP contribution in [0.3, 0.4) is 0 Å². The molecular formula is C17H11Cl3N2O4. The quantitative estimate of drug-likeness (QED) is 0.536. The molecule has 0 bridgehead atoms. The summed E-state index contributed by atoms with van der Waals surface area (Å²) in [5.74, 6) is 0.0675. The minimum Gasteiger partial charge on any atom is -0.504 e. The van der Waals surface area contributed by atoms with Crippen molar-refractivity contribution in [2.75, 3.05) is 5.32 Å². The molecule has 0 saturated carbocycles. The normalized spacial score (nSPS) is 10.6. The van der Waals surface area contributed by atoms with Crippen molar-refractivity contribution in [3.05, 3.63) is 62.9 Å². The Kier molecular flexibility index (Phi) is 5.27. The molecule has 3 rings (SSSR count). The van der Waals surface area contributed by atoms with Crippen molar-refractivity contribution < 1.29 is 19.2 Å². The lowest BCUT2D eigenvalue weighted by Gasteiger charge is -2.13. The Morgan fingerprint density at radius 1 is 1.12 bits per heavy atom. The van der Waals surface area contributed by atoms with Gasteiger partial charge in [0.1, 0.15) is 11.5 Å². The highest BCUT2D eigenvalue weighted by Crippen LogP contribution is 2.40. The highest BCUT2D eigenvalue weighted by Gasteiger charge is 2.16. The zero-order chi connectivity index (χ0) is 18.8. The number of aromatic nitrogens is 1. The highest BCUT2D eigenvalue weighted by atomic mass is 35.5. The molecule has 6 nitrogen and oxygen atoms in total. The Bertz CT molecular complexity index is 988. The van der Waals surface area contributed by atoms with Gasteiger partial charge in [-0.15, -0.1) is 0 Å². The number of nitrogens with zero attached hydrogens (tertiary/aromatic N) is 1. The van der Waals surface area contributed by atoms with Gasteiger partial charge in [0.15, 0.2) is 17.2 Å². The zero-order valence-corrected chi connectivity index (χ0v) is 15.5. The second-order valence-corrected chi connectivity index (χ2v) is 6.50. The Morgan fingerprint density at radius 3 is 2.54 bits per heavy atom. The monoisotopic (exact) mass is 412 g/mol. The molecule has 0 radical (unpaired) electrons. The lowest BCUT2D eigenvalue weighted by atomic mass is 10.2. The molecule has 134 valence electrons. The number of carbonyl (C=O) groups excluding carboxylic acids is 1. The SMILES string of the molecule is Cc1cc(C(=O)Nc2cc(Oc3ccc(Cl)cc3Cl)c(O)cc2Cl)no1. The van der Waals surface area contributed by atoms with Crippen LogP contribution in [0, 0.1) is 6.92 Å². The van der Waals surface area contributed by atoms with Gasteiger partial charge >= 0.3 is 0 Å². The molecule has 2 N–H and O–H groups in total. The van der Waals surface area contributed by atoms with Crippen LogP contribution >= 0.6 is 34.8 Å². The van der Waals surface area contributed by atoms with Crippen LogP contribution in [0.2, 0.25) is 15.1 Å². The van der Waals surface area contributed by atoms with E-state index in [1.54, 1.807) is 19.1 Å². The molecule has 0 spiro atoms. The van der Waals surface area contributed by atoms with Crippen LogP contribution in [0.25, 0.3) is 0 Å². The van der Waals surface area contributed by atoms with Crippen molar-refractivity contribution in [2.45, 2.75) is 6.92 Å². The van der Waals surface area contributed by atoms with Crippen LogP contribution < -0.4 is 10.1 Å². The minimum absolute atomic E-state index is 0.0465. The number of carbonyl (C=O) groups is 1. The highest BCUT2D eigenvalue weighted by molar-refractivity contribution is 6.35. The Balaban J connectivity index is 1.88. The van der Waals surface area contributed by atoms with Gasteiger partial charge in [0.2, 0.25) is 0 Å². The number of phenolic OH excluding ortho intramolecular Hbond substituents is 1. The standard InChI is InChI=1S/C17H11Cl3N2O4/c1-8-4-13(22-26-8)17(24)21-12-7-16(14(23)6-10(12)19)25-15-3-2-9(18)5-11(15)20/h2-7,23H,1H3,(H,21,24). The molecule has 0 unspecified atom stereocenters. The van der Waals surface area contributed by atoms with Crippen LogP contribution in [-0.2, 0) is 0 Å². The van der Waals surface area contributed by atoms with Gasteiger partial charge in [-0.05, 0) is 25.1 Å². The second-order valence-electron chi connectivity index (χ2n) is 5.25. The minimum atomic E-state index is -0.523. The lowest BCUT2D eigenvalue weighted by molar-refractivity contribution is 0.101. The van der Waals surface area contributed by atoms with E-state index in [1.807, 2.05) is 0 Å². The molecule has 2 aromatic carbocycles. The molecule has 1 heterocycles. The van der Waals surface area contributed by atoms with Gasteiger partial charge in [0, 0.05) is 23.2 Å². The fourth-order valence-electron chi connectivity index (χ4n) is 2.06. The molecule has 0 fully saturated rings. The fourth-order valence-corrected chi connectivity index (χ4v) is 2.71. The summed E-state index contributed by atoms with van der Waals surface area (Å²) in [6.07, 6.45) is 0. The van der Waals surface area contributed by atoms with Gasteiger partial charge in [-0.2, -0.15) is 0 Å². The first-order chi connectivity index (χ1) is 12.3. The van der Waals surface area contributed by atoms with Gasteiger partial charge in [-0.25, -0.2) is 0 Å². The van der Waals surface area contributed by atoms with E-state index in [2.05, 4.69) is 10.5 Å². The maximum Gasteiger partial charge on any atom is 0.277 e. The van der Waals surface area contributed by atoms with E-state index in [1.165, 1.54) is 24.3 Å². The number of rotatable bonds is 4. The number of benzene rings is 2. The number of nitrogens with one attached hydrogen (secondary N) is 1. The molecule has 0 aliphatic carbocycles. The van der Waals surface area contributed by atoms with Gasteiger partial charge < -0.3 is 19.7 Å². The van der Waals surface area contributed by atoms with Crippen LogP contribution in [0.5, 0.6) is 17.2 Å². The zero-order valence-electron chi connectivity index (χ0n) is 13.2. The number of hydrogen-bond donors (Lipinski definition) is 2. The summed E-state index contributed by atoms with van der Waals surface area (Å²) in [7, 11) is 0. The van der Waals surface area contributed by atoms with Crippen LogP contribution in [0.15, 0.2) is 40.9 Å². The first-order valence-electron chi connectivity index (χ1n) is 7.23. The van der Waals surface area contributed by atoms with Gasteiger partial charge in [-0.1, -0.05) is 40.0 Å². The topological polar surface area (TPSA) is 84.6 Å². The molecule has 26 heavy (non-hydrogen) atoms. The molecule has 3 aromatic rings. The molecular weight excluding hydrogens is 403 g/mol. The van der Waals surface area contributed by atoms with Crippen LogP contribution in [0.4, 0.5) is 5.69 Å². The number of halogens is 3. The van der Waals surface area contributed by atoms with E-state index in [9.17, 15) is 9.90 Å². The first-order valence-corrected chi connectivity index (χ1v) is 8.37. The van der Waals surface area contributed by atoms with E-state index in [-0.39, 0.29) is 38.7 Å². The molecule has 0 aliphatic rings. The number of ether oxygens (including phenoxy) is 1. The van der Waals surface area contributed by atoms with E-state index in [0.29, 0.717) is 10.8 Å². The molecule has 1 aromatic heterocycles. The van der Waals surface area contributed by atoms with Gasteiger partial charge in [0.25, 0.3) is 5.91 Å². The number of phenols is 1. The number of amides is 1. The number of aromatic hydroxyl groups is 1. The van der Waals surface area contributed by atoms with Crippen molar-refractivity contribution in [3.8, 4) is 17.2 Å². The molecule has 0 saturated heterocycles. The van der Waals surface area contributed by atoms with Crippen LogP contribution in [-0.4, -0.2) is 16.2 Å². The average molecular weight is 414 g/mol. The third kappa shape index (κ3) is 4.04. The molecule has 0 aliphatic heterocycles. The Hall–Kier alpha value is -2.41. The van der Waals surface area contributed by atoms with Crippen molar-refractivity contribution in [3.63, 3.8) is 0 Å². The van der Waals surface area contributed by atoms with E-state index in [4.69, 9.17) is 44.1 Å². The number of aryl methyl sites for hydroxylation is 1. The Labute approximate surface area is 163 Å². The van der Waals surface area contributed by atoms with Crippen molar-refractivity contribution in [1.29, 1.82) is 0 Å². The third-order valence-corrected chi connectivity index (χ3v) is 4.11. The van der Waals surface area contributed by atoms with Crippen molar-refractivity contribution >= 4 is 46.4 Å². The van der Waals surface area contributed by atoms with E-state index < -0.39 is 5.91 Å². The van der Waals surface area contributed by atoms with E-state index >= 15 is 0 Å². The maximum absolute atomic E-state index is 12.2. The summed E-state index contributed by atoms with van der Waals surface area (Å²) in [6, 6.07) is 8.73. The fraction of sp³-hybridized carbons (Fsp3) is 0.0588. The summed E-state index contributed by atoms with van der Waals surface area (Å²) in [5, 5.41) is 17.1. The summed E-state index contributed by atoms with van der Waals surface area (Å²) in [6.45, 7) is 1.67. The second kappa shape index (κ2) is 7.45. The third-order valence-electron chi connectivity index (χ3n) is 3.27. The van der Waals surface area contributed by atoms with Crippen molar-refractivity contribution in [1.82, 2.24) is 5.16 Å². The predicted octanol–water partition coefficient (Wildman–Crippen LogP) is 5.69.